The van der Waals surface area contributed by atoms with E-state index in [1.165, 1.54) is 0 Å². The third-order valence-electron chi connectivity index (χ3n) is 3.06. The lowest BCUT2D eigenvalue weighted by Gasteiger charge is -2.19. The van der Waals surface area contributed by atoms with E-state index in [4.69, 9.17) is 4.74 Å². The van der Waals surface area contributed by atoms with Gasteiger partial charge in [-0.2, -0.15) is 0 Å². The van der Waals surface area contributed by atoms with Gasteiger partial charge in [-0.1, -0.05) is 13.5 Å². The molecule has 1 aliphatic carbocycles. The Balaban J connectivity index is 2.37. The van der Waals surface area contributed by atoms with Gasteiger partial charge in [0.2, 0.25) is 0 Å². The summed E-state index contributed by atoms with van der Waals surface area (Å²) in [7, 11) is 0. The van der Waals surface area contributed by atoms with E-state index in [-0.39, 0.29) is 17.5 Å². The topological polar surface area (TPSA) is 26.3 Å². The number of fused-ring (bicyclic) bond motifs is 1. The van der Waals surface area contributed by atoms with Crippen LogP contribution in [0.5, 0.6) is 0 Å². The van der Waals surface area contributed by atoms with Crippen LogP contribution in [0.2, 0.25) is 0 Å². The van der Waals surface area contributed by atoms with Gasteiger partial charge in [-0.3, -0.25) is 0 Å². The number of esters is 1. The quantitative estimate of drug-likeness (QED) is 0.390. The molecule has 2 nitrogen and oxygen atoms in total. The fourth-order valence-corrected chi connectivity index (χ4v) is 2.10. The Hall–Kier alpha value is -0.790. The molecule has 0 aromatic heterocycles. The standard InChI is InChI=1S/C9H12O2/c1-6-8(10)11-7-4-3-5-9(6,7)2/h7H,1,3-5H2,2H3/t7-,9-/m0/s1. The second-order valence-corrected chi connectivity index (χ2v) is 3.68. The predicted octanol–water partition coefficient (Wildman–Crippen LogP) is 1.66. The van der Waals surface area contributed by atoms with Crippen LogP contribution in [0.3, 0.4) is 0 Å². The van der Waals surface area contributed by atoms with Crippen LogP contribution in [0, 0.1) is 5.41 Å². The average Bonchev–Trinajstić information content (AvgIpc) is 2.39. The first-order chi connectivity index (χ1) is 5.14. The van der Waals surface area contributed by atoms with Gasteiger partial charge in [0.1, 0.15) is 6.10 Å². The number of hydrogen-bond acceptors (Lipinski definition) is 2. The van der Waals surface area contributed by atoms with Gasteiger partial charge in [-0.15, -0.1) is 0 Å². The molecule has 1 heterocycles. The molecule has 0 N–H and O–H groups in total. The SMILES string of the molecule is C=C1C(=O)O[C@H]2CCC[C@@]12C. The van der Waals surface area contributed by atoms with E-state index in [0.717, 1.165) is 19.3 Å². The van der Waals surface area contributed by atoms with Crippen LogP contribution in [-0.4, -0.2) is 12.1 Å². The lowest BCUT2D eigenvalue weighted by Crippen LogP contribution is -2.21. The van der Waals surface area contributed by atoms with Crippen molar-refractivity contribution < 1.29 is 9.53 Å². The highest BCUT2D eigenvalue weighted by Crippen LogP contribution is 2.49. The van der Waals surface area contributed by atoms with Gasteiger partial charge in [-0.25, -0.2) is 4.79 Å². The zero-order valence-electron chi connectivity index (χ0n) is 6.72. The first-order valence-corrected chi connectivity index (χ1v) is 4.05. The molecule has 1 saturated carbocycles. The predicted molar refractivity (Wildman–Crippen MR) is 41.0 cm³/mol. The summed E-state index contributed by atoms with van der Waals surface area (Å²) in [4.78, 5) is 11.1. The summed E-state index contributed by atoms with van der Waals surface area (Å²) >= 11 is 0. The second kappa shape index (κ2) is 1.87. The van der Waals surface area contributed by atoms with Crippen LogP contribution in [0.4, 0.5) is 0 Å². The van der Waals surface area contributed by atoms with E-state index in [1.54, 1.807) is 0 Å². The molecule has 1 saturated heterocycles. The highest BCUT2D eigenvalue weighted by molar-refractivity contribution is 5.92. The van der Waals surface area contributed by atoms with Gasteiger partial charge in [0, 0.05) is 11.0 Å². The Labute approximate surface area is 66.2 Å². The third-order valence-corrected chi connectivity index (χ3v) is 3.06. The van der Waals surface area contributed by atoms with Crippen LogP contribution < -0.4 is 0 Å². The van der Waals surface area contributed by atoms with Gasteiger partial charge in [0.25, 0.3) is 0 Å². The maximum Gasteiger partial charge on any atom is 0.334 e. The molecule has 2 atom stereocenters. The summed E-state index contributed by atoms with van der Waals surface area (Å²) in [5.74, 6) is -0.183. The molecular weight excluding hydrogens is 140 g/mol. The summed E-state index contributed by atoms with van der Waals surface area (Å²) in [6, 6.07) is 0. The van der Waals surface area contributed by atoms with Gasteiger partial charge in [0.15, 0.2) is 0 Å². The Bertz CT molecular complexity index is 232. The van der Waals surface area contributed by atoms with Crippen LogP contribution in [0.25, 0.3) is 0 Å². The van der Waals surface area contributed by atoms with Crippen molar-refractivity contribution in [3.8, 4) is 0 Å². The fourth-order valence-electron chi connectivity index (χ4n) is 2.10. The Morgan fingerprint density at radius 2 is 2.45 bits per heavy atom. The molecule has 2 heteroatoms. The first-order valence-electron chi connectivity index (χ1n) is 4.05. The minimum absolute atomic E-state index is 0.0307. The lowest BCUT2D eigenvalue weighted by molar-refractivity contribution is -0.139. The molecule has 0 bridgehead atoms. The average molecular weight is 152 g/mol. The summed E-state index contributed by atoms with van der Waals surface area (Å²) in [5, 5.41) is 0. The molecule has 0 unspecified atom stereocenters. The van der Waals surface area contributed by atoms with Crippen molar-refractivity contribution >= 4 is 5.97 Å². The normalized spacial score (nSPS) is 42.5. The van der Waals surface area contributed by atoms with Gasteiger partial charge < -0.3 is 4.74 Å². The molecule has 2 aliphatic rings. The maximum atomic E-state index is 11.1. The molecular formula is C9H12O2. The Morgan fingerprint density at radius 1 is 1.73 bits per heavy atom. The van der Waals surface area contributed by atoms with E-state index in [9.17, 15) is 4.79 Å². The van der Waals surface area contributed by atoms with E-state index < -0.39 is 0 Å². The Morgan fingerprint density at radius 3 is 3.09 bits per heavy atom. The molecule has 0 aromatic rings. The largest absolute Gasteiger partial charge is 0.458 e. The van der Waals surface area contributed by atoms with E-state index in [0.29, 0.717) is 5.57 Å². The first kappa shape index (κ1) is 6.89. The highest BCUT2D eigenvalue weighted by atomic mass is 16.6. The monoisotopic (exact) mass is 152 g/mol. The minimum atomic E-state index is -0.183. The van der Waals surface area contributed by atoms with Crippen LogP contribution >= 0.6 is 0 Å². The zero-order valence-corrected chi connectivity index (χ0v) is 6.72. The van der Waals surface area contributed by atoms with Crippen LogP contribution in [-0.2, 0) is 9.53 Å². The molecule has 0 radical (unpaired) electrons. The number of carbonyl (C=O) groups excluding carboxylic acids is 1. The van der Waals surface area contributed by atoms with Crippen molar-refractivity contribution in [3.63, 3.8) is 0 Å². The number of rotatable bonds is 0. The lowest BCUT2D eigenvalue weighted by atomic mass is 9.82. The second-order valence-electron chi connectivity index (χ2n) is 3.68. The van der Waals surface area contributed by atoms with E-state index in [1.807, 2.05) is 0 Å². The smallest absolute Gasteiger partial charge is 0.334 e. The molecule has 0 spiro atoms. The van der Waals surface area contributed by atoms with Crippen molar-refractivity contribution in [3.05, 3.63) is 12.2 Å². The van der Waals surface area contributed by atoms with Crippen molar-refractivity contribution in [1.29, 1.82) is 0 Å². The summed E-state index contributed by atoms with van der Waals surface area (Å²) in [6.07, 6.45) is 3.36. The summed E-state index contributed by atoms with van der Waals surface area (Å²) in [6.45, 7) is 5.86. The maximum absolute atomic E-state index is 11.1. The van der Waals surface area contributed by atoms with Crippen molar-refractivity contribution in [2.75, 3.05) is 0 Å². The van der Waals surface area contributed by atoms with Crippen molar-refractivity contribution in [2.24, 2.45) is 5.41 Å². The van der Waals surface area contributed by atoms with Gasteiger partial charge >= 0.3 is 5.97 Å². The molecule has 2 rings (SSSR count). The van der Waals surface area contributed by atoms with Crippen LogP contribution in [0.15, 0.2) is 12.2 Å². The summed E-state index contributed by atoms with van der Waals surface area (Å²) in [5.41, 5.74) is 0.650. The Kier molecular flexibility index (Phi) is 1.17. The molecule has 60 valence electrons. The molecule has 2 fully saturated rings. The van der Waals surface area contributed by atoms with E-state index >= 15 is 0 Å². The number of ether oxygens (including phenoxy) is 1. The molecule has 0 aromatic carbocycles. The molecule has 11 heavy (non-hydrogen) atoms. The minimum Gasteiger partial charge on any atom is -0.458 e. The van der Waals surface area contributed by atoms with Gasteiger partial charge in [0.05, 0.1) is 0 Å². The molecule has 0 amide bonds. The third kappa shape index (κ3) is 0.697. The van der Waals surface area contributed by atoms with Gasteiger partial charge in [-0.05, 0) is 19.3 Å². The van der Waals surface area contributed by atoms with Crippen molar-refractivity contribution in [1.82, 2.24) is 0 Å². The highest BCUT2D eigenvalue weighted by Gasteiger charge is 2.51. The molecule has 1 aliphatic heterocycles. The van der Waals surface area contributed by atoms with Crippen LogP contribution in [0.1, 0.15) is 26.2 Å². The fraction of sp³-hybridized carbons (Fsp3) is 0.667. The zero-order chi connectivity index (χ0) is 8.06. The summed E-state index contributed by atoms with van der Waals surface area (Å²) < 4.78 is 5.16. The number of hydrogen-bond donors (Lipinski definition) is 0. The number of carbonyl (C=O) groups is 1. The van der Waals surface area contributed by atoms with E-state index in [2.05, 4.69) is 13.5 Å². The van der Waals surface area contributed by atoms with Crippen molar-refractivity contribution in [2.45, 2.75) is 32.3 Å².